The Labute approximate surface area is 321 Å². The molecule has 0 atom stereocenters. The van der Waals surface area contributed by atoms with Crippen molar-refractivity contribution in [3.63, 3.8) is 0 Å². The van der Waals surface area contributed by atoms with E-state index in [1.807, 2.05) is 0 Å². The molecule has 54 heavy (non-hydrogen) atoms. The van der Waals surface area contributed by atoms with E-state index in [4.69, 9.17) is 9.97 Å². The SMILES string of the molecule is c1ccc(-c2cc(N3c4ccccc4Sc4ccccc43)nc3c2ccc2c(-c4ccccc4)cc(N4c5ccccc5Sc5ccccc54)nc23)cc1. The zero-order valence-corrected chi connectivity index (χ0v) is 30.6. The van der Waals surface area contributed by atoms with Crippen LogP contribution in [0.4, 0.5) is 34.4 Å². The molecule has 0 fully saturated rings. The fourth-order valence-corrected chi connectivity index (χ4v) is 9.91. The van der Waals surface area contributed by atoms with Gasteiger partial charge in [-0.3, -0.25) is 9.80 Å². The van der Waals surface area contributed by atoms with Gasteiger partial charge in [-0.1, -0.05) is 145 Å². The zero-order valence-electron chi connectivity index (χ0n) is 28.9. The van der Waals surface area contributed by atoms with Gasteiger partial charge < -0.3 is 0 Å². The molecule has 0 aliphatic carbocycles. The van der Waals surface area contributed by atoms with Crippen LogP contribution in [0.15, 0.2) is 202 Å². The van der Waals surface area contributed by atoms with Gasteiger partial charge in [-0.25, -0.2) is 9.97 Å². The summed E-state index contributed by atoms with van der Waals surface area (Å²) < 4.78 is 0. The van der Waals surface area contributed by atoms with Crippen molar-refractivity contribution in [2.45, 2.75) is 19.6 Å². The molecule has 0 amide bonds. The van der Waals surface area contributed by atoms with Gasteiger partial charge in [0.05, 0.1) is 33.8 Å². The van der Waals surface area contributed by atoms with Crippen LogP contribution in [0.5, 0.6) is 0 Å². The van der Waals surface area contributed by atoms with Gasteiger partial charge in [0, 0.05) is 30.4 Å². The van der Waals surface area contributed by atoms with E-state index >= 15 is 0 Å². The Morgan fingerprint density at radius 2 is 0.648 bits per heavy atom. The number of pyridine rings is 2. The number of nitrogens with zero attached hydrogens (tertiary/aromatic N) is 4. The molecule has 4 heterocycles. The van der Waals surface area contributed by atoms with Crippen molar-refractivity contribution in [3.8, 4) is 22.3 Å². The highest BCUT2D eigenvalue weighted by atomic mass is 32.2. The van der Waals surface area contributed by atoms with Crippen LogP contribution in [0.1, 0.15) is 0 Å². The first-order valence-corrected chi connectivity index (χ1v) is 19.6. The lowest BCUT2D eigenvalue weighted by molar-refractivity contribution is 1.12. The summed E-state index contributed by atoms with van der Waals surface area (Å²) in [7, 11) is 0. The number of benzene rings is 7. The maximum atomic E-state index is 5.65. The van der Waals surface area contributed by atoms with Crippen molar-refractivity contribution in [3.05, 3.63) is 182 Å². The highest BCUT2D eigenvalue weighted by molar-refractivity contribution is 8.00. The van der Waals surface area contributed by atoms with Crippen LogP contribution in [0.2, 0.25) is 0 Å². The Hall–Kier alpha value is -6.34. The monoisotopic (exact) mass is 726 g/mol. The Kier molecular flexibility index (Phi) is 7.32. The molecule has 0 saturated carbocycles. The Morgan fingerprint density at radius 3 is 1.00 bits per heavy atom. The predicted molar refractivity (Wildman–Crippen MR) is 226 cm³/mol. The van der Waals surface area contributed by atoms with Crippen LogP contribution < -0.4 is 9.80 Å². The number of anilines is 6. The van der Waals surface area contributed by atoms with Gasteiger partial charge in [0.1, 0.15) is 11.6 Å². The molecule has 2 aromatic heterocycles. The largest absolute Gasteiger partial charge is 0.293 e. The second kappa shape index (κ2) is 12.7. The van der Waals surface area contributed by atoms with Gasteiger partial charge in [0.15, 0.2) is 0 Å². The highest BCUT2D eigenvalue weighted by Gasteiger charge is 2.29. The normalized spacial score (nSPS) is 13.0. The van der Waals surface area contributed by atoms with Crippen molar-refractivity contribution in [1.29, 1.82) is 0 Å². The molecule has 11 rings (SSSR count). The van der Waals surface area contributed by atoms with Gasteiger partial charge in [0.25, 0.3) is 0 Å². The topological polar surface area (TPSA) is 32.3 Å². The second-order valence-electron chi connectivity index (χ2n) is 13.4. The Bertz CT molecular complexity index is 2620. The average Bonchev–Trinajstić information content (AvgIpc) is 3.24. The van der Waals surface area contributed by atoms with E-state index in [9.17, 15) is 0 Å². The van der Waals surface area contributed by atoms with E-state index in [0.29, 0.717) is 0 Å². The molecule has 0 spiro atoms. The molecule has 0 saturated heterocycles. The summed E-state index contributed by atoms with van der Waals surface area (Å²) in [5, 5.41) is 2.12. The second-order valence-corrected chi connectivity index (χ2v) is 15.6. The minimum atomic E-state index is 0.854. The number of aromatic nitrogens is 2. The third kappa shape index (κ3) is 5.02. The van der Waals surface area contributed by atoms with E-state index in [-0.39, 0.29) is 0 Å². The molecule has 0 bridgehead atoms. The van der Waals surface area contributed by atoms with Crippen LogP contribution in [-0.2, 0) is 0 Å². The average molecular weight is 727 g/mol. The van der Waals surface area contributed by atoms with Crippen LogP contribution in [0.3, 0.4) is 0 Å². The minimum absolute atomic E-state index is 0.854. The van der Waals surface area contributed by atoms with Crippen LogP contribution >= 0.6 is 23.5 Å². The van der Waals surface area contributed by atoms with E-state index in [0.717, 1.165) is 78.4 Å². The third-order valence-electron chi connectivity index (χ3n) is 10.2. The molecule has 2 aliphatic heterocycles. The van der Waals surface area contributed by atoms with Crippen molar-refractivity contribution in [2.24, 2.45) is 0 Å². The van der Waals surface area contributed by atoms with Crippen molar-refractivity contribution in [2.75, 3.05) is 9.80 Å². The fourth-order valence-electron chi connectivity index (χ4n) is 7.79. The number of rotatable bonds is 4. The summed E-state index contributed by atoms with van der Waals surface area (Å²) in [4.78, 5) is 20.7. The van der Waals surface area contributed by atoms with Gasteiger partial charge in [0.2, 0.25) is 0 Å². The van der Waals surface area contributed by atoms with Crippen molar-refractivity contribution in [1.82, 2.24) is 9.97 Å². The van der Waals surface area contributed by atoms with Gasteiger partial charge in [-0.05, 0) is 82.9 Å². The summed E-state index contributed by atoms with van der Waals surface area (Å²) in [6.45, 7) is 0. The van der Waals surface area contributed by atoms with Gasteiger partial charge in [-0.2, -0.15) is 0 Å². The molecule has 9 aromatic rings. The summed E-state index contributed by atoms with van der Waals surface area (Å²) >= 11 is 3.61. The molecule has 0 unspecified atom stereocenters. The molecule has 2 aliphatic rings. The molecule has 4 nitrogen and oxygen atoms in total. The molecule has 254 valence electrons. The zero-order chi connectivity index (χ0) is 35.6. The summed E-state index contributed by atoms with van der Waals surface area (Å²) in [6.07, 6.45) is 0. The molecular formula is C48H30N4S2. The quantitative estimate of drug-likeness (QED) is 0.168. The highest BCUT2D eigenvalue weighted by Crippen LogP contribution is 2.53. The lowest BCUT2D eigenvalue weighted by atomic mass is 9.95. The Morgan fingerprint density at radius 1 is 0.333 bits per heavy atom. The molecule has 0 N–H and O–H groups in total. The first-order chi connectivity index (χ1) is 26.8. The number of hydrogen-bond acceptors (Lipinski definition) is 6. The predicted octanol–water partition coefficient (Wildman–Crippen LogP) is 14.0. The number of para-hydroxylation sites is 4. The van der Waals surface area contributed by atoms with Crippen molar-refractivity contribution < 1.29 is 0 Å². The maximum absolute atomic E-state index is 5.65. The van der Waals surface area contributed by atoms with E-state index in [1.165, 1.54) is 19.6 Å². The Balaban J connectivity index is 1.26. The fraction of sp³-hybridized carbons (Fsp3) is 0. The van der Waals surface area contributed by atoms with Gasteiger partial charge in [-0.15, -0.1) is 0 Å². The third-order valence-corrected chi connectivity index (χ3v) is 12.5. The van der Waals surface area contributed by atoms with Crippen LogP contribution in [0, 0.1) is 0 Å². The maximum Gasteiger partial charge on any atom is 0.139 e. The van der Waals surface area contributed by atoms with E-state index in [1.54, 1.807) is 23.5 Å². The summed E-state index contributed by atoms with van der Waals surface area (Å²) in [6, 6.07) is 64.8. The first-order valence-electron chi connectivity index (χ1n) is 18.0. The van der Waals surface area contributed by atoms with E-state index in [2.05, 4.69) is 192 Å². The van der Waals surface area contributed by atoms with Crippen LogP contribution in [0.25, 0.3) is 44.1 Å². The lowest BCUT2D eigenvalue weighted by Crippen LogP contribution is -2.17. The number of fused-ring (bicyclic) bond motifs is 7. The standard InChI is InChI=1S/C48H30N4S2/c1-3-15-31(16-4-1)35-29-45(51-37-19-7-11-23-41(37)53-42-24-12-8-20-38(42)51)49-47-33(35)27-28-34-36(32-17-5-2-6-18-32)30-46(50-48(34)47)52-39-21-9-13-25-43(39)54-44-26-14-10-22-40(44)52/h1-30H. The first kappa shape index (κ1) is 31.2. The minimum Gasteiger partial charge on any atom is -0.293 e. The van der Waals surface area contributed by atoms with E-state index < -0.39 is 0 Å². The van der Waals surface area contributed by atoms with Crippen LogP contribution in [-0.4, -0.2) is 9.97 Å². The summed E-state index contributed by atoms with van der Waals surface area (Å²) in [5.41, 5.74) is 10.7. The summed E-state index contributed by atoms with van der Waals surface area (Å²) in [5.74, 6) is 1.71. The van der Waals surface area contributed by atoms with Crippen molar-refractivity contribution >= 4 is 79.7 Å². The van der Waals surface area contributed by atoms with Gasteiger partial charge >= 0.3 is 0 Å². The molecular weight excluding hydrogens is 697 g/mol. The molecule has 0 radical (unpaired) electrons. The smallest absolute Gasteiger partial charge is 0.139 e. The molecule has 6 heteroatoms. The number of hydrogen-bond donors (Lipinski definition) is 0. The lowest BCUT2D eigenvalue weighted by Gasteiger charge is -2.33. The molecule has 7 aromatic carbocycles.